The largest absolute Gasteiger partial charge is 0.366 e. The molecule has 0 aliphatic carbocycles. The molecule has 21 heavy (non-hydrogen) atoms. The summed E-state index contributed by atoms with van der Waals surface area (Å²) in [4.78, 5) is 22.8. The molecule has 2 rings (SSSR count). The smallest absolute Gasteiger partial charge is 0.248 e. The third-order valence-electron chi connectivity index (χ3n) is 2.71. The fourth-order valence-corrected chi connectivity index (χ4v) is 1.68. The van der Waals surface area contributed by atoms with E-state index in [-0.39, 0.29) is 11.7 Å². The van der Waals surface area contributed by atoms with Gasteiger partial charge in [-0.15, -0.1) is 0 Å². The summed E-state index contributed by atoms with van der Waals surface area (Å²) >= 11 is 0. The highest BCUT2D eigenvalue weighted by Crippen LogP contribution is 2.10. The van der Waals surface area contributed by atoms with Crippen LogP contribution in [0.5, 0.6) is 0 Å². The Morgan fingerprint density at radius 2 is 1.81 bits per heavy atom. The highest BCUT2D eigenvalue weighted by Gasteiger charge is 2.03. The van der Waals surface area contributed by atoms with Gasteiger partial charge in [0.25, 0.3) is 0 Å². The van der Waals surface area contributed by atoms with Crippen LogP contribution in [0.3, 0.4) is 0 Å². The summed E-state index contributed by atoms with van der Waals surface area (Å²) in [5.41, 5.74) is 6.66. The van der Waals surface area contributed by atoms with Gasteiger partial charge in [-0.1, -0.05) is 18.2 Å². The lowest BCUT2D eigenvalue weighted by Gasteiger charge is -2.03. The van der Waals surface area contributed by atoms with Gasteiger partial charge in [0.2, 0.25) is 11.8 Å². The van der Waals surface area contributed by atoms with E-state index in [1.807, 2.05) is 0 Å². The number of hydrogen-bond acceptors (Lipinski definition) is 2. The van der Waals surface area contributed by atoms with E-state index in [9.17, 15) is 14.0 Å². The Morgan fingerprint density at radius 3 is 2.48 bits per heavy atom. The fourth-order valence-electron chi connectivity index (χ4n) is 1.68. The third-order valence-corrected chi connectivity index (χ3v) is 2.71. The Kier molecular flexibility index (Phi) is 4.46. The predicted octanol–water partition coefficient (Wildman–Crippen LogP) is 2.58. The minimum Gasteiger partial charge on any atom is -0.366 e. The first kappa shape index (κ1) is 14.5. The molecule has 106 valence electrons. The van der Waals surface area contributed by atoms with Crippen molar-refractivity contribution >= 4 is 23.6 Å². The summed E-state index contributed by atoms with van der Waals surface area (Å²) in [5, 5.41) is 2.61. The van der Waals surface area contributed by atoms with Crippen LogP contribution in [0.25, 0.3) is 6.08 Å². The summed E-state index contributed by atoms with van der Waals surface area (Å²) in [6, 6.07) is 12.1. The molecular formula is C16H13FN2O2. The molecule has 0 fully saturated rings. The van der Waals surface area contributed by atoms with E-state index in [0.717, 1.165) is 0 Å². The number of hydrogen-bond donors (Lipinski definition) is 2. The van der Waals surface area contributed by atoms with Crippen LogP contribution >= 0.6 is 0 Å². The molecule has 0 saturated carbocycles. The number of carbonyl (C=O) groups is 2. The van der Waals surface area contributed by atoms with Crippen molar-refractivity contribution < 1.29 is 14.0 Å². The third kappa shape index (κ3) is 4.28. The van der Waals surface area contributed by atoms with Gasteiger partial charge < -0.3 is 11.1 Å². The first-order valence-corrected chi connectivity index (χ1v) is 6.19. The van der Waals surface area contributed by atoms with E-state index in [0.29, 0.717) is 16.8 Å². The van der Waals surface area contributed by atoms with Gasteiger partial charge in [-0.3, -0.25) is 9.59 Å². The van der Waals surface area contributed by atoms with Crippen molar-refractivity contribution in [1.82, 2.24) is 0 Å². The van der Waals surface area contributed by atoms with Crippen molar-refractivity contribution in [3.8, 4) is 0 Å². The number of rotatable bonds is 4. The molecule has 0 spiro atoms. The Bertz CT molecular complexity index is 694. The molecule has 0 aliphatic heterocycles. The quantitative estimate of drug-likeness (QED) is 0.847. The fraction of sp³-hybridized carbons (Fsp3) is 0. The van der Waals surface area contributed by atoms with Crippen LogP contribution in [0, 0.1) is 5.82 Å². The van der Waals surface area contributed by atoms with Gasteiger partial charge in [-0.2, -0.15) is 0 Å². The van der Waals surface area contributed by atoms with E-state index in [4.69, 9.17) is 5.73 Å². The van der Waals surface area contributed by atoms with Crippen molar-refractivity contribution in [1.29, 1.82) is 0 Å². The molecule has 2 aromatic rings. The van der Waals surface area contributed by atoms with Crippen molar-refractivity contribution in [3.63, 3.8) is 0 Å². The molecule has 0 unspecified atom stereocenters. The Labute approximate surface area is 121 Å². The van der Waals surface area contributed by atoms with Gasteiger partial charge in [0, 0.05) is 17.3 Å². The number of benzene rings is 2. The number of halogens is 1. The lowest BCUT2D eigenvalue weighted by molar-refractivity contribution is -0.111. The highest BCUT2D eigenvalue weighted by molar-refractivity contribution is 6.03. The average Bonchev–Trinajstić information content (AvgIpc) is 2.47. The molecule has 0 atom stereocenters. The SMILES string of the molecule is NC(=O)c1cccc(NC(=O)C=Cc2ccc(F)cc2)c1. The van der Waals surface area contributed by atoms with Crippen LogP contribution < -0.4 is 11.1 Å². The maximum atomic E-state index is 12.7. The van der Waals surface area contributed by atoms with Gasteiger partial charge in [0.15, 0.2) is 0 Å². The van der Waals surface area contributed by atoms with Crippen LogP contribution in [0.15, 0.2) is 54.6 Å². The van der Waals surface area contributed by atoms with Crippen molar-refractivity contribution in [2.75, 3.05) is 5.32 Å². The summed E-state index contributed by atoms with van der Waals surface area (Å²) < 4.78 is 12.7. The highest BCUT2D eigenvalue weighted by atomic mass is 19.1. The Balaban J connectivity index is 2.03. The lowest BCUT2D eigenvalue weighted by atomic mass is 10.2. The summed E-state index contributed by atoms with van der Waals surface area (Å²) in [6.07, 6.45) is 2.89. The van der Waals surface area contributed by atoms with Crippen LogP contribution in [0.4, 0.5) is 10.1 Å². The molecule has 2 amide bonds. The second-order valence-electron chi connectivity index (χ2n) is 4.32. The van der Waals surface area contributed by atoms with Crippen LogP contribution in [0.2, 0.25) is 0 Å². The van der Waals surface area contributed by atoms with Gasteiger partial charge in [0.05, 0.1) is 0 Å². The minimum atomic E-state index is -0.562. The van der Waals surface area contributed by atoms with Gasteiger partial charge in [-0.25, -0.2) is 4.39 Å². The van der Waals surface area contributed by atoms with Gasteiger partial charge in [0.1, 0.15) is 5.82 Å². The maximum Gasteiger partial charge on any atom is 0.248 e. The lowest BCUT2D eigenvalue weighted by Crippen LogP contribution is -2.12. The molecule has 0 saturated heterocycles. The van der Waals surface area contributed by atoms with E-state index < -0.39 is 5.91 Å². The average molecular weight is 284 g/mol. The number of carbonyl (C=O) groups excluding carboxylic acids is 2. The van der Waals surface area contributed by atoms with Crippen molar-refractivity contribution in [2.24, 2.45) is 5.73 Å². The minimum absolute atomic E-state index is 0.315. The first-order chi connectivity index (χ1) is 10.0. The zero-order chi connectivity index (χ0) is 15.2. The number of anilines is 1. The maximum absolute atomic E-state index is 12.7. The molecule has 4 nitrogen and oxygen atoms in total. The normalized spacial score (nSPS) is 10.5. The standard InChI is InChI=1S/C16H13FN2O2/c17-13-7-4-11(5-8-13)6-9-15(20)19-14-3-1-2-12(10-14)16(18)21/h1-10H,(H2,18,21)(H,19,20). The molecule has 0 bridgehead atoms. The van der Waals surface area contributed by atoms with Crippen LogP contribution in [-0.4, -0.2) is 11.8 Å². The first-order valence-electron chi connectivity index (χ1n) is 6.19. The molecular weight excluding hydrogens is 271 g/mol. The zero-order valence-electron chi connectivity index (χ0n) is 11.0. The molecule has 0 heterocycles. The predicted molar refractivity (Wildman–Crippen MR) is 79.0 cm³/mol. The second kappa shape index (κ2) is 6.47. The Hall–Kier alpha value is -2.95. The van der Waals surface area contributed by atoms with Gasteiger partial charge in [-0.05, 0) is 42.0 Å². The monoisotopic (exact) mass is 284 g/mol. The zero-order valence-corrected chi connectivity index (χ0v) is 11.0. The molecule has 5 heteroatoms. The number of amides is 2. The van der Waals surface area contributed by atoms with Crippen molar-refractivity contribution in [2.45, 2.75) is 0 Å². The van der Waals surface area contributed by atoms with Crippen LogP contribution in [0.1, 0.15) is 15.9 Å². The molecule has 3 N–H and O–H groups in total. The summed E-state index contributed by atoms with van der Waals surface area (Å²) in [7, 11) is 0. The summed E-state index contributed by atoms with van der Waals surface area (Å²) in [6.45, 7) is 0. The number of nitrogens with two attached hydrogens (primary N) is 1. The van der Waals surface area contributed by atoms with Crippen molar-refractivity contribution in [3.05, 3.63) is 71.6 Å². The number of primary amides is 1. The van der Waals surface area contributed by atoms with Crippen LogP contribution in [-0.2, 0) is 4.79 Å². The second-order valence-corrected chi connectivity index (χ2v) is 4.32. The molecule has 0 radical (unpaired) electrons. The van der Waals surface area contributed by atoms with Gasteiger partial charge >= 0.3 is 0 Å². The van der Waals surface area contributed by atoms with E-state index >= 15 is 0 Å². The van der Waals surface area contributed by atoms with E-state index in [1.165, 1.54) is 24.3 Å². The number of nitrogens with one attached hydrogen (secondary N) is 1. The molecule has 2 aromatic carbocycles. The topological polar surface area (TPSA) is 72.2 Å². The Morgan fingerprint density at radius 1 is 1.10 bits per heavy atom. The molecule has 0 aliphatic rings. The van der Waals surface area contributed by atoms with E-state index in [2.05, 4.69) is 5.32 Å². The summed E-state index contributed by atoms with van der Waals surface area (Å²) in [5.74, 6) is -1.26. The van der Waals surface area contributed by atoms with E-state index in [1.54, 1.807) is 36.4 Å². The molecule has 0 aromatic heterocycles.